The van der Waals surface area contributed by atoms with Gasteiger partial charge in [0.2, 0.25) is 0 Å². The van der Waals surface area contributed by atoms with Crippen molar-refractivity contribution >= 4 is 11.9 Å². The number of nitrogens with zero attached hydrogens (tertiary/aromatic N) is 1. The van der Waals surface area contributed by atoms with Crippen LogP contribution in [0, 0.1) is 0 Å². The Bertz CT molecular complexity index is 280. The molecule has 0 aromatic rings. The zero-order chi connectivity index (χ0) is 12.2. The molecule has 1 N–H and O–H groups in total. The van der Waals surface area contributed by atoms with E-state index in [-0.39, 0.29) is 11.9 Å². The molecular weight excluding hydrogens is 208 g/mol. The van der Waals surface area contributed by atoms with Gasteiger partial charge in [-0.15, -0.1) is 0 Å². The van der Waals surface area contributed by atoms with Crippen molar-refractivity contribution in [2.75, 3.05) is 19.8 Å². The molecule has 1 saturated heterocycles. The summed E-state index contributed by atoms with van der Waals surface area (Å²) in [6.07, 6.45) is 1.53. The highest BCUT2D eigenvalue weighted by Crippen LogP contribution is 2.22. The van der Waals surface area contributed by atoms with Crippen LogP contribution in [0.5, 0.6) is 0 Å². The van der Waals surface area contributed by atoms with Crippen molar-refractivity contribution in [3.05, 3.63) is 0 Å². The smallest absolute Gasteiger partial charge is 0.325 e. The van der Waals surface area contributed by atoms with Crippen molar-refractivity contribution in [2.24, 2.45) is 0 Å². The van der Waals surface area contributed by atoms with Crippen LogP contribution in [0.1, 0.15) is 33.6 Å². The Labute approximate surface area is 96.1 Å². The van der Waals surface area contributed by atoms with Crippen molar-refractivity contribution < 1.29 is 14.3 Å². The number of rotatable bonds is 6. The number of imide groups is 1. The summed E-state index contributed by atoms with van der Waals surface area (Å²) in [6, 6.07) is -0.305. The summed E-state index contributed by atoms with van der Waals surface area (Å²) in [5.74, 6) is -0.140. The highest BCUT2D eigenvalue weighted by Gasteiger charge is 2.46. The Kier molecular flexibility index (Phi) is 4.29. The number of nitrogens with one attached hydrogen (secondary N) is 1. The molecule has 92 valence electrons. The summed E-state index contributed by atoms with van der Waals surface area (Å²) in [5, 5.41) is 2.74. The zero-order valence-electron chi connectivity index (χ0n) is 10.2. The van der Waals surface area contributed by atoms with Gasteiger partial charge in [-0.3, -0.25) is 9.69 Å². The topological polar surface area (TPSA) is 58.6 Å². The number of carbonyl (C=O) groups excluding carboxylic acids is 2. The Morgan fingerprint density at radius 2 is 2.06 bits per heavy atom. The maximum absolute atomic E-state index is 12.0. The number of hydrogen-bond acceptors (Lipinski definition) is 3. The van der Waals surface area contributed by atoms with Gasteiger partial charge >= 0.3 is 6.03 Å². The lowest BCUT2D eigenvalue weighted by molar-refractivity contribution is -0.131. The fourth-order valence-corrected chi connectivity index (χ4v) is 1.92. The van der Waals surface area contributed by atoms with Crippen LogP contribution in [-0.2, 0) is 9.53 Å². The van der Waals surface area contributed by atoms with E-state index in [0.717, 1.165) is 6.42 Å². The van der Waals surface area contributed by atoms with Crippen LogP contribution in [0.15, 0.2) is 0 Å². The van der Waals surface area contributed by atoms with Gasteiger partial charge in [-0.05, 0) is 20.3 Å². The molecule has 1 fully saturated rings. The predicted molar refractivity (Wildman–Crippen MR) is 60.1 cm³/mol. The molecule has 0 aliphatic carbocycles. The van der Waals surface area contributed by atoms with E-state index in [4.69, 9.17) is 4.74 Å². The lowest BCUT2D eigenvalue weighted by Crippen LogP contribution is -2.43. The maximum atomic E-state index is 12.0. The minimum atomic E-state index is -0.724. The second-order valence-electron chi connectivity index (χ2n) is 4.17. The van der Waals surface area contributed by atoms with E-state index in [2.05, 4.69) is 5.32 Å². The van der Waals surface area contributed by atoms with E-state index >= 15 is 0 Å². The van der Waals surface area contributed by atoms with Crippen molar-refractivity contribution in [2.45, 2.75) is 39.2 Å². The van der Waals surface area contributed by atoms with E-state index in [9.17, 15) is 9.59 Å². The monoisotopic (exact) mass is 228 g/mol. The number of hydrogen-bond donors (Lipinski definition) is 1. The fraction of sp³-hybridized carbons (Fsp3) is 0.818. The van der Waals surface area contributed by atoms with E-state index < -0.39 is 5.54 Å². The summed E-state index contributed by atoms with van der Waals surface area (Å²) in [5.41, 5.74) is -0.724. The molecular formula is C11H20N2O3. The predicted octanol–water partition coefficient (Wildman–Crippen LogP) is 1.13. The number of ether oxygens (including phenoxy) is 1. The standard InChI is InChI=1S/C11H20N2O3/c1-4-6-11(3)9(14)13(10(15)12-11)7-8-16-5-2/h4-8H2,1-3H3,(H,12,15). The van der Waals surface area contributed by atoms with E-state index in [1.165, 1.54) is 4.90 Å². The molecule has 16 heavy (non-hydrogen) atoms. The van der Waals surface area contributed by atoms with Crippen LogP contribution in [0.4, 0.5) is 4.79 Å². The molecule has 1 aliphatic rings. The van der Waals surface area contributed by atoms with Crippen LogP contribution in [0.2, 0.25) is 0 Å². The average Bonchev–Trinajstić information content (AvgIpc) is 2.42. The second-order valence-corrected chi connectivity index (χ2v) is 4.17. The molecule has 1 atom stereocenters. The molecule has 1 aliphatic heterocycles. The first-order valence-electron chi connectivity index (χ1n) is 5.77. The Hall–Kier alpha value is -1.10. The molecule has 1 heterocycles. The zero-order valence-corrected chi connectivity index (χ0v) is 10.2. The maximum Gasteiger partial charge on any atom is 0.325 e. The Morgan fingerprint density at radius 1 is 1.38 bits per heavy atom. The van der Waals surface area contributed by atoms with Gasteiger partial charge in [0.1, 0.15) is 5.54 Å². The van der Waals surface area contributed by atoms with Crippen LogP contribution < -0.4 is 5.32 Å². The molecule has 3 amide bonds. The fourth-order valence-electron chi connectivity index (χ4n) is 1.92. The van der Waals surface area contributed by atoms with Crippen LogP contribution in [0.3, 0.4) is 0 Å². The molecule has 0 spiro atoms. The van der Waals surface area contributed by atoms with Crippen LogP contribution in [0.25, 0.3) is 0 Å². The van der Waals surface area contributed by atoms with Gasteiger partial charge in [-0.2, -0.15) is 0 Å². The van der Waals surface area contributed by atoms with Crippen LogP contribution >= 0.6 is 0 Å². The van der Waals surface area contributed by atoms with Crippen LogP contribution in [-0.4, -0.2) is 42.1 Å². The van der Waals surface area contributed by atoms with E-state index in [1.807, 2.05) is 13.8 Å². The highest BCUT2D eigenvalue weighted by molar-refractivity contribution is 6.06. The van der Waals surface area contributed by atoms with Crippen molar-refractivity contribution in [1.29, 1.82) is 0 Å². The third kappa shape index (κ3) is 2.52. The summed E-state index contributed by atoms with van der Waals surface area (Å²) in [4.78, 5) is 24.9. The molecule has 0 saturated carbocycles. The van der Waals surface area contributed by atoms with Gasteiger partial charge in [0, 0.05) is 6.61 Å². The molecule has 0 bridgehead atoms. The first-order valence-corrected chi connectivity index (χ1v) is 5.77. The molecule has 0 aromatic heterocycles. The Balaban J connectivity index is 2.60. The molecule has 1 rings (SSSR count). The number of urea groups is 1. The summed E-state index contributed by atoms with van der Waals surface area (Å²) in [6.45, 7) is 6.98. The quantitative estimate of drug-likeness (QED) is 0.547. The normalized spacial score (nSPS) is 25.1. The summed E-state index contributed by atoms with van der Waals surface area (Å²) in [7, 11) is 0. The summed E-state index contributed by atoms with van der Waals surface area (Å²) >= 11 is 0. The Morgan fingerprint density at radius 3 is 2.62 bits per heavy atom. The van der Waals surface area contributed by atoms with E-state index in [1.54, 1.807) is 6.92 Å². The molecule has 5 nitrogen and oxygen atoms in total. The number of amides is 3. The average molecular weight is 228 g/mol. The molecule has 0 radical (unpaired) electrons. The first-order chi connectivity index (χ1) is 7.55. The minimum Gasteiger partial charge on any atom is -0.380 e. The molecule has 1 unspecified atom stereocenters. The lowest BCUT2D eigenvalue weighted by atomic mass is 9.96. The molecule has 0 aromatic carbocycles. The summed E-state index contributed by atoms with van der Waals surface area (Å²) < 4.78 is 5.15. The lowest BCUT2D eigenvalue weighted by Gasteiger charge is -2.20. The molecule has 5 heteroatoms. The van der Waals surface area contributed by atoms with Gasteiger partial charge in [-0.25, -0.2) is 4.79 Å². The van der Waals surface area contributed by atoms with Crippen molar-refractivity contribution in [1.82, 2.24) is 10.2 Å². The third-order valence-electron chi connectivity index (χ3n) is 2.76. The largest absolute Gasteiger partial charge is 0.380 e. The third-order valence-corrected chi connectivity index (χ3v) is 2.76. The second kappa shape index (κ2) is 5.30. The van der Waals surface area contributed by atoms with Gasteiger partial charge in [0.05, 0.1) is 13.2 Å². The minimum absolute atomic E-state index is 0.140. The van der Waals surface area contributed by atoms with Crippen molar-refractivity contribution in [3.8, 4) is 0 Å². The van der Waals surface area contributed by atoms with Gasteiger partial charge < -0.3 is 10.1 Å². The van der Waals surface area contributed by atoms with Gasteiger partial charge in [0.15, 0.2) is 0 Å². The highest BCUT2D eigenvalue weighted by atomic mass is 16.5. The van der Waals surface area contributed by atoms with Crippen molar-refractivity contribution in [3.63, 3.8) is 0 Å². The number of carbonyl (C=O) groups is 2. The SMILES string of the molecule is CCCC1(C)NC(=O)N(CCOCC)C1=O. The van der Waals surface area contributed by atoms with Gasteiger partial charge in [-0.1, -0.05) is 13.3 Å². The first kappa shape index (κ1) is 13.0. The van der Waals surface area contributed by atoms with E-state index in [0.29, 0.717) is 26.2 Å². The van der Waals surface area contributed by atoms with Gasteiger partial charge in [0.25, 0.3) is 5.91 Å².